The molecule has 6 heteroatoms. The van der Waals surface area contributed by atoms with E-state index in [1.165, 1.54) is 93.3 Å². The second-order valence-corrected chi connectivity index (χ2v) is 12.9. The van der Waals surface area contributed by atoms with E-state index < -0.39 is 11.9 Å². The molecule has 2 heterocycles. The molecule has 0 atom stereocenters. The Balaban J connectivity index is 1.71. The molecule has 2 aromatic rings. The van der Waals surface area contributed by atoms with Crippen LogP contribution in [0.5, 0.6) is 0 Å². The van der Waals surface area contributed by atoms with Crippen LogP contribution >= 0.6 is 22.7 Å². The SMILES string of the molecule is O=C(O)c1c(C2CCCCCCCCCCC2)sc2c(C(=O)O)c(C3CCCCCCCC3)sc12. The van der Waals surface area contributed by atoms with Crippen molar-refractivity contribution in [1.29, 1.82) is 0 Å². The lowest BCUT2D eigenvalue weighted by atomic mass is 9.90. The molecule has 0 radical (unpaired) electrons. The first-order valence-electron chi connectivity index (χ1n) is 14.1. The number of aromatic carboxylic acids is 2. The van der Waals surface area contributed by atoms with Crippen LogP contribution in [0.15, 0.2) is 0 Å². The monoisotopic (exact) mass is 518 g/mol. The van der Waals surface area contributed by atoms with Gasteiger partial charge in [0.2, 0.25) is 0 Å². The van der Waals surface area contributed by atoms with Gasteiger partial charge in [-0.3, -0.25) is 0 Å². The molecule has 0 saturated heterocycles. The third-order valence-corrected chi connectivity index (χ3v) is 11.1. The number of carbonyl (C=O) groups is 2. The van der Waals surface area contributed by atoms with E-state index in [0.717, 1.165) is 70.5 Å². The molecule has 0 spiro atoms. The van der Waals surface area contributed by atoms with Crippen molar-refractivity contribution in [1.82, 2.24) is 0 Å². The Labute approximate surface area is 218 Å². The lowest BCUT2D eigenvalue weighted by Gasteiger charge is -2.18. The first-order valence-corrected chi connectivity index (χ1v) is 15.8. The Bertz CT molecular complexity index is 967. The zero-order valence-corrected chi connectivity index (χ0v) is 22.8. The standard InChI is InChI=1S/C29H42O4S2/c30-28(31)22-24(20-16-12-8-4-2-1-3-5-9-13-17-20)34-27-23(29(32)33)25(35-26(22)27)21-18-14-10-6-7-11-15-19-21/h20-21H,1-19H2,(H,30,31)(H,32,33). The first kappa shape index (κ1) is 26.7. The van der Waals surface area contributed by atoms with E-state index in [1.807, 2.05) is 0 Å². The predicted octanol–water partition coefficient (Wildman–Crippen LogP) is 9.97. The maximum absolute atomic E-state index is 12.6. The number of fused-ring (bicyclic) bond motifs is 1. The minimum Gasteiger partial charge on any atom is -0.478 e. The van der Waals surface area contributed by atoms with E-state index >= 15 is 0 Å². The highest BCUT2D eigenvalue weighted by atomic mass is 32.1. The summed E-state index contributed by atoms with van der Waals surface area (Å²) in [7, 11) is 0. The quantitative estimate of drug-likeness (QED) is 0.422. The number of hydrogen-bond donors (Lipinski definition) is 2. The minimum absolute atomic E-state index is 0.236. The van der Waals surface area contributed by atoms with E-state index in [-0.39, 0.29) is 11.8 Å². The Hall–Kier alpha value is -1.40. The van der Waals surface area contributed by atoms with Gasteiger partial charge in [-0.15, -0.1) is 22.7 Å². The van der Waals surface area contributed by atoms with Crippen molar-refractivity contribution in [2.45, 2.75) is 134 Å². The summed E-state index contributed by atoms with van der Waals surface area (Å²) in [6, 6.07) is 0. The van der Waals surface area contributed by atoms with Crippen molar-refractivity contribution in [3.05, 3.63) is 20.9 Å². The Kier molecular flexibility index (Phi) is 10.1. The van der Waals surface area contributed by atoms with Gasteiger partial charge in [-0.2, -0.15) is 0 Å². The number of hydrogen-bond acceptors (Lipinski definition) is 4. The molecule has 35 heavy (non-hydrogen) atoms. The smallest absolute Gasteiger partial charge is 0.338 e. The van der Waals surface area contributed by atoms with Gasteiger partial charge in [-0.25, -0.2) is 9.59 Å². The summed E-state index contributed by atoms with van der Waals surface area (Å²) in [5.41, 5.74) is 0.838. The average molecular weight is 519 g/mol. The second kappa shape index (κ2) is 13.2. The van der Waals surface area contributed by atoms with Crippen LogP contribution < -0.4 is 0 Å². The van der Waals surface area contributed by atoms with Gasteiger partial charge >= 0.3 is 11.9 Å². The van der Waals surface area contributed by atoms with Gasteiger partial charge in [0, 0.05) is 9.75 Å². The van der Waals surface area contributed by atoms with Gasteiger partial charge < -0.3 is 10.2 Å². The number of rotatable bonds is 4. The molecule has 0 amide bonds. The molecule has 0 aromatic carbocycles. The van der Waals surface area contributed by atoms with Gasteiger partial charge in [-0.1, -0.05) is 96.3 Å². The van der Waals surface area contributed by atoms with Crippen molar-refractivity contribution in [2.75, 3.05) is 0 Å². The highest BCUT2D eigenvalue weighted by Crippen LogP contribution is 2.49. The maximum Gasteiger partial charge on any atom is 0.338 e. The first-order chi connectivity index (χ1) is 17.1. The van der Waals surface area contributed by atoms with Crippen molar-refractivity contribution in [2.24, 2.45) is 0 Å². The number of thiophene rings is 2. The van der Waals surface area contributed by atoms with Gasteiger partial charge in [0.15, 0.2) is 0 Å². The van der Waals surface area contributed by atoms with Crippen LogP contribution in [0.1, 0.15) is 164 Å². The Morgan fingerprint density at radius 2 is 0.743 bits per heavy atom. The molecular weight excluding hydrogens is 476 g/mol. The zero-order valence-electron chi connectivity index (χ0n) is 21.1. The molecule has 2 N–H and O–H groups in total. The molecule has 2 aliphatic carbocycles. The van der Waals surface area contributed by atoms with E-state index in [0.29, 0.717) is 11.1 Å². The molecular formula is C29H42O4S2. The van der Waals surface area contributed by atoms with Crippen molar-refractivity contribution in [3.8, 4) is 0 Å². The molecule has 2 fully saturated rings. The predicted molar refractivity (Wildman–Crippen MR) is 147 cm³/mol. The highest BCUT2D eigenvalue weighted by Gasteiger charge is 2.32. The van der Waals surface area contributed by atoms with Crippen LogP contribution in [0.2, 0.25) is 0 Å². The third-order valence-electron chi connectivity index (χ3n) is 8.21. The average Bonchev–Trinajstić information content (AvgIpc) is 3.38. The Morgan fingerprint density at radius 3 is 1.00 bits per heavy atom. The highest BCUT2D eigenvalue weighted by molar-refractivity contribution is 7.29. The summed E-state index contributed by atoms with van der Waals surface area (Å²) in [6.07, 6.45) is 22.5. The molecule has 0 bridgehead atoms. The molecule has 0 unspecified atom stereocenters. The van der Waals surface area contributed by atoms with Crippen LogP contribution in [-0.2, 0) is 0 Å². The van der Waals surface area contributed by atoms with Gasteiger partial charge in [-0.05, 0) is 37.5 Å². The van der Waals surface area contributed by atoms with E-state index in [9.17, 15) is 19.8 Å². The molecule has 2 aromatic heterocycles. The van der Waals surface area contributed by atoms with Crippen molar-refractivity contribution < 1.29 is 19.8 Å². The van der Waals surface area contributed by atoms with Gasteiger partial charge in [0.05, 0.1) is 20.5 Å². The number of carboxylic acid groups (broad SMARTS) is 2. The molecule has 0 aliphatic heterocycles. The summed E-state index contributed by atoms with van der Waals surface area (Å²) >= 11 is 2.99. The van der Waals surface area contributed by atoms with E-state index in [2.05, 4.69) is 0 Å². The fraction of sp³-hybridized carbons (Fsp3) is 0.724. The van der Waals surface area contributed by atoms with Crippen LogP contribution in [-0.4, -0.2) is 22.2 Å². The maximum atomic E-state index is 12.6. The van der Waals surface area contributed by atoms with Crippen LogP contribution in [0, 0.1) is 0 Å². The summed E-state index contributed by atoms with van der Waals surface area (Å²) in [5.74, 6) is -1.28. The normalized spacial score (nSPS) is 20.9. The van der Waals surface area contributed by atoms with Crippen molar-refractivity contribution in [3.63, 3.8) is 0 Å². The molecule has 194 valence electrons. The summed E-state index contributed by atoms with van der Waals surface area (Å²) < 4.78 is 1.46. The zero-order chi connectivity index (χ0) is 24.6. The van der Waals surface area contributed by atoms with Crippen LogP contribution in [0.4, 0.5) is 0 Å². The molecule has 2 saturated carbocycles. The topological polar surface area (TPSA) is 74.6 Å². The summed E-state index contributed by atoms with van der Waals surface area (Å²) in [4.78, 5) is 27.0. The Morgan fingerprint density at radius 1 is 0.486 bits per heavy atom. The lowest BCUT2D eigenvalue weighted by molar-refractivity contribution is 0.0686. The summed E-state index contributed by atoms with van der Waals surface area (Å²) in [5, 5.41) is 20.6. The minimum atomic E-state index is -0.880. The largest absolute Gasteiger partial charge is 0.478 e. The fourth-order valence-electron chi connectivity index (χ4n) is 6.27. The lowest BCUT2D eigenvalue weighted by Crippen LogP contribution is -2.06. The van der Waals surface area contributed by atoms with Crippen molar-refractivity contribution >= 4 is 44.0 Å². The number of carboxylic acids is 2. The van der Waals surface area contributed by atoms with Gasteiger partial charge in [0.1, 0.15) is 0 Å². The molecule has 4 rings (SSSR count). The summed E-state index contributed by atoms with van der Waals surface area (Å²) in [6.45, 7) is 0. The van der Waals surface area contributed by atoms with E-state index in [4.69, 9.17) is 0 Å². The third kappa shape index (κ3) is 6.68. The second-order valence-electron chi connectivity index (χ2n) is 10.8. The van der Waals surface area contributed by atoms with Crippen LogP contribution in [0.3, 0.4) is 0 Å². The van der Waals surface area contributed by atoms with Gasteiger partial charge in [0.25, 0.3) is 0 Å². The molecule has 4 nitrogen and oxygen atoms in total. The van der Waals surface area contributed by atoms with Crippen LogP contribution in [0.25, 0.3) is 9.40 Å². The van der Waals surface area contributed by atoms with E-state index in [1.54, 1.807) is 0 Å². The molecule has 2 aliphatic rings. The fourth-order valence-corrected chi connectivity index (χ4v) is 9.46.